The third-order valence-electron chi connectivity index (χ3n) is 4.41. The van der Waals surface area contributed by atoms with Crippen molar-refractivity contribution in [1.82, 2.24) is 4.90 Å². The molecule has 0 aliphatic heterocycles. The number of carbonyl (C=O) groups is 1. The smallest absolute Gasteiger partial charge is 0.322 e. The highest BCUT2D eigenvalue weighted by Gasteiger charge is 2.16. The maximum atomic E-state index is 13.4. The second-order valence-electron chi connectivity index (χ2n) is 6.38. The fraction of sp³-hybridized carbons (Fsp3) is 0.227. The molecule has 3 aromatic rings. The summed E-state index contributed by atoms with van der Waals surface area (Å²) in [6.45, 7) is 0.973. The molecule has 152 valence electrons. The van der Waals surface area contributed by atoms with Crippen LogP contribution >= 0.6 is 11.3 Å². The second-order valence-corrected chi connectivity index (χ2v) is 7.41. The number of hydrogen-bond acceptors (Lipinski definition) is 4. The van der Waals surface area contributed by atoms with Gasteiger partial charge in [-0.15, -0.1) is 11.3 Å². The monoisotopic (exact) mass is 414 g/mol. The lowest BCUT2D eigenvalue weighted by molar-refractivity contribution is 0.210. The summed E-state index contributed by atoms with van der Waals surface area (Å²) in [7, 11) is 3.19. The molecule has 0 saturated carbocycles. The molecule has 0 aliphatic rings. The van der Waals surface area contributed by atoms with Gasteiger partial charge in [0.15, 0.2) is 11.5 Å². The molecule has 0 aliphatic carbocycles. The van der Waals surface area contributed by atoms with Gasteiger partial charge >= 0.3 is 6.03 Å². The lowest BCUT2D eigenvalue weighted by Crippen LogP contribution is -2.35. The quantitative estimate of drug-likeness (QED) is 0.552. The van der Waals surface area contributed by atoms with Crippen molar-refractivity contribution in [3.8, 4) is 11.5 Å². The highest BCUT2D eigenvalue weighted by atomic mass is 32.1. The van der Waals surface area contributed by atoms with Crippen molar-refractivity contribution in [3.63, 3.8) is 0 Å². The fourth-order valence-corrected chi connectivity index (χ4v) is 3.63. The van der Waals surface area contributed by atoms with Gasteiger partial charge in [-0.05, 0) is 53.8 Å². The Hall–Kier alpha value is -3.06. The Bertz CT molecular complexity index is 947. The number of ether oxygens (including phenoxy) is 2. The van der Waals surface area contributed by atoms with Gasteiger partial charge in [0.2, 0.25) is 0 Å². The Balaban J connectivity index is 1.72. The molecule has 3 rings (SSSR count). The van der Waals surface area contributed by atoms with Crippen LogP contribution in [0.4, 0.5) is 14.9 Å². The van der Waals surface area contributed by atoms with E-state index < -0.39 is 5.82 Å². The standard InChI is InChI=1S/C22H23FN2O3S/c1-27-20-9-8-16(13-21(20)28-2)10-11-25(15-19-7-4-12-29-19)22(26)24-18-6-3-5-17(23)14-18/h3-9,12-14H,10-11,15H2,1-2H3,(H,24,26). The molecule has 1 aromatic heterocycles. The van der Waals surface area contributed by atoms with E-state index >= 15 is 0 Å². The number of amides is 2. The summed E-state index contributed by atoms with van der Waals surface area (Å²) in [6, 6.07) is 15.3. The van der Waals surface area contributed by atoms with Crippen LogP contribution in [0.5, 0.6) is 11.5 Å². The van der Waals surface area contributed by atoms with Crippen LogP contribution < -0.4 is 14.8 Å². The summed E-state index contributed by atoms with van der Waals surface area (Å²) in [6.07, 6.45) is 0.641. The van der Waals surface area contributed by atoms with Gasteiger partial charge in [-0.2, -0.15) is 0 Å². The largest absolute Gasteiger partial charge is 0.493 e. The highest BCUT2D eigenvalue weighted by Crippen LogP contribution is 2.28. The van der Waals surface area contributed by atoms with Crippen molar-refractivity contribution in [2.45, 2.75) is 13.0 Å². The average Bonchev–Trinajstić information content (AvgIpc) is 3.24. The molecule has 0 unspecified atom stereocenters. The van der Waals surface area contributed by atoms with Crippen LogP contribution in [-0.4, -0.2) is 31.7 Å². The van der Waals surface area contributed by atoms with Crippen molar-refractivity contribution in [1.29, 1.82) is 0 Å². The van der Waals surface area contributed by atoms with Crippen molar-refractivity contribution in [3.05, 3.63) is 76.2 Å². The number of thiophene rings is 1. The van der Waals surface area contributed by atoms with Crippen LogP contribution in [0.3, 0.4) is 0 Å². The molecule has 0 radical (unpaired) electrons. The molecule has 0 bridgehead atoms. The average molecular weight is 415 g/mol. The molecule has 2 amide bonds. The predicted octanol–water partition coefficient (Wildman–Crippen LogP) is 5.18. The van der Waals surface area contributed by atoms with Gasteiger partial charge in [-0.1, -0.05) is 18.2 Å². The van der Waals surface area contributed by atoms with Gasteiger partial charge in [0.1, 0.15) is 5.82 Å². The number of rotatable bonds is 8. The minimum absolute atomic E-state index is 0.274. The lowest BCUT2D eigenvalue weighted by atomic mass is 10.1. The van der Waals surface area contributed by atoms with Gasteiger partial charge in [0.25, 0.3) is 0 Å². The van der Waals surface area contributed by atoms with E-state index in [9.17, 15) is 9.18 Å². The third-order valence-corrected chi connectivity index (χ3v) is 5.27. The maximum absolute atomic E-state index is 13.4. The predicted molar refractivity (Wildman–Crippen MR) is 113 cm³/mol. The molecule has 1 N–H and O–H groups in total. The summed E-state index contributed by atoms with van der Waals surface area (Å²) in [4.78, 5) is 15.6. The van der Waals surface area contributed by atoms with Crippen LogP contribution in [0, 0.1) is 5.82 Å². The Morgan fingerprint density at radius 2 is 1.90 bits per heavy atom. The SMILES string of the molecule is COc1ccc(CCN(Cc2cccs2)C(=O)Nc2cccc(F)c2)cc1OC. The maximum Gasteiger partial charge on any atom is 0.322 e. The number of nitrogens with zero attached hydrogens (tertiary/aromatic N) is 1. The summed E-state index contributed by atoms with van der Waals surface area (Å²) in [5, 5.41) is 4.76. The van der Waals surface area contributed by atoms with Gasteiger partial charge in [-0.3, -0.25) is 0 Å². The van der Waals surface area contributed by atoms with Crippen LogP contribution in [0.1, 0.15) is 10.4 Å². The van der Waals surface area contributed by atoms with E-state index in [4.69, 9.17) is 9.47 Å². The van der Waals surface area contributed by atoms with Gasteiger partial charge in [-0.25, -0.2) is 9.18 Å². The van der Waals surface area contributed by atoms with E-state index in [0.717, 1.165) is 10.4 Å². The molecule has 1 heterocycles. The summed E-state index contributed by atoms with van der Waals surface area (Å²) in [5.41, 5.74) is 1.45. The molecule has 29 heavy (non-hydrogen) atoms. The highest BCUT2D eigenvalue weighted by molar-refractivity contribution is 7.09. The topological polar surface area (TPSA) is 50.8 Å². The van der Waals surface area contributed by atoms with Crippen LogP contribution in [0.15, 0.2) is 60.0 Å². The van der Waals surface area contributed by atoms with E-state index in [0.29, 0.717) is 36.7 Å². The summed E-state index contributed by atoms with van der Waals surface area (Å²) >= 11 is 1.59. The Morgan fingerprint density at radius 3 is 2.59 bits per heavy atom. The van der Waals surface area contributed by atoms with Crippen LogP contribution in [0.25, 0.3) is 0 Å². The first-order valence-corrected chi connectivity index (χ1v) is 10.0. The molecular weight excluding hydrogens is 391 g/mol. The first kappa shape index (κ1) is 20.7. The van der Waals surface area contributed by atoms with Gasteiger partial charge in [0.05, 0.1) is 20.8 Å². The molecule has 7 heteroatoms. The van der Waals surface area contributed by atoms with E-state index in [1.807, 2.05) is 35.7 Å². The van der Waals surface area contributed by atoms with Crippen molar-refractivity contribution < 1.29 is 18.7 Å². The number of benzene rings is 2. The first-order valence-electron chi connectivity index (χ1n) is 9.14. The van der Waals surface area contributed by atoms with E-state index in [1.54, 1.807) is 42.6 Å². The minimum Gasteiger partial charge on any atom is -0.493 e. The molecule has 0 fully saturated rings. The molecule has 0 spiro atoms. The van der Waals surface area contributed by atoms with Gasteiger partial charge < -0.3 is 19.7 Å². The number of anilines is 1. The number of hydrogen-bond donors (Lipinski definition) is 1. The second kappa shape index (κ2) is 9.93. The first-order chi connectivity index (χ1) is 14.1. The third kappa shape index (κ3) is 5.71. The zero-order valence-corrected chi connectivity index (χ0v) is 17.2. The van der Waals surface area contributed by atoms with Crippen molar-refractivity contribution >= 4 is 23.1 Å². The number of nitrogens with one attached hydrogen (secondary N) is 1. The number of halogens is 1. The van der Waals surface area contributed by atoms with E-state index in [1.165, 1.54) is 12.1 Å². The summed E-state index contributed by atoms with van der Waals surface area (Å²) < 4.78 is 24.1. The number of urea groups is 1. The molecule has 5 nitrogen and oxygen atoms in total. The Labute approximate surface area is 173 Å². The molecule has 0 saturated heterocycles. The molecular formula is C22H23FN2O3S. The normalized spacial score (nSPS) is 10.4. The fourth-order valence-electron chi connectivity index (χ4n) is 2.91. The van der Waals surface area contributed by atoms with Gasteiger partial charge in [0, 0.05) is 17.1 Å². The number of methoxy groups -OCH3 is 2. The van der Waals surface area contributed by atoms with Crippen molar-refractivity contribution in [2.75, 3.05) is 26.1 Å². The van der Waals surface area contributed by atoms with Crippen LogP contribution in [-0.2, 0) is 13.0 Å². The molecule has 2 aromatic carbocycles. The summed E-state index contributed by atoms with van der Waals surface area (Å²) in [5.74, 6) is 0.924. The Kier molecular flexibility index (Phi) is 7.08. The number of carbonyl (C=O) groups excluding carboxylic acids is 1. The van der Waals surface area contributed by atoms with E-state index in [2.05, 4.69) is 5.32 Å². The lowest BCUT2D eigenvalue weighted by Gasteiger charge is -2.23. The van der Waals surface area contributed by atoms with Crippen LogP contribution in [0.2, 0.25) is 0 Å². The van der Waals surface area contributed by atoms with E-state index in [-0.39, 0.29) is 6.03 Å². The molecule has 0 atom stereocenters. The minimum atomic E-state index is -0.391. The zero-order valence-electron chi connectivity index (χ0n) is 16.4. The zero-order chi connectivity index (χ0) is 20.6. The Morgan fingerprint density at radius 1 is 1.07 bits per heavy atom. The van der Waals surface area contributed by atoms with Crippen molar-refractivity contribution in [2.24, 2.45) is 0 Å².